The molecule has 1 unspecified atom stereocenters. The Morgan fingerprint density at radius 3 is 3.00 bits per heavy atom. The van der Waals surface area contributed by atoms with Crippen LogP contribution in [0.3, 0.4) is 0 Å². The molecule has 3 heterocycles. The van der Waals surface area contributed by atoms with Gasteiger partial charge in [0.15, 0.2) is 0 Å². The van der Waals surface area contributed by atoms with Crippen LogP contribution in [-0.4, -0.2) is 22.8 Å². The van der Waals surface area contributed by atoms with E-state index in [1.165, 1.54) is 30.8 Å². The molecule has 0 amide bonds. The minimum atomic E-state index is 0.194. The maximum Gasteiger partial charge on any atom is 0.109 e. The molecule has 1 aromatic rings. The molecule has 2 aliphatic heterocycles. The average molecular weight is 235 g/mol. The van der Waals surface area contributed by atoms with Crippen molar-refractivity contribution < 1.29 is 4.74 Å². The zero-order chi connectivity index (χ0) is 11.7. The molecule has 3 rings (SSSR count). The normalized spacial score (nSPS) is 25.8. The number of aromatic nitrogens is 2. The first-order valence-corrected chi connectivity index (χ1v) is 6.72. The fourth-order valence-electron chi connectivity index (χ4n) is 2.97. The van der Waals surface area contributed by atoms with Gasteiger partial charge in [-0.15, -0.1) is 0 Å². The molecule has 2 aliphatic rings. The third-order valence-electron chi connectivity index (χ3n) is 4.06. The van der Waals surface area contributed by atoms with Crippen LogP contribution in [0.15, 0.2) is 6.20 Å². The molecule has 4 heteroatoms. The van der Waals surface area contributed by atoms with Crippen molar-refractivity contribution in [3.63, 3.8) is 0 Å². The van der Waals surface area contributed by atoms with E-state index in [1.54, 1.807) is 0 Å². The van der Waals surface area contributed by atoms with Crippen molar-refractivity contribution in [3.05, 3.63) is 17.7 Å². The predicted molar refractivity (Wildman–Crippen MR) is 65.6 cm³/mol. The van der Waals surface area contributed by atoms with Crippen LogP contribution >= 0.6 is 0 Å². The van der Waals surface area contributed by atoms with Gasteiger partial charge in [-0.2, -0.15) is 0 Å². The Bertz CT molecular complexity index is 382. The summed E-state index contributed by atoms with van der Waals surface area (Å²) in [6.07, 6.45) is 7.71. The van der Waals surface area contributed by atoms with E-state index >= 15 is 0 Å². The molecule has 1 fully saturated rings. The van der Waals surface area contributed by atoms with E-state index in [0.717, 1.165) is 38.5 Å². The highest BCUT2D eigenvalue weighted by molar-refractivity contribution is 5.12. The Balaban J connectivity index is 1.74. The number of hydrogen-bond acceptors (Lipinski definition) is 3. The molecule has 0 aromatic carbocycles. The average Bonchev–Trinajstić information content (AvgIpc) is 2.76. The molecule has 0 saturated carbocycles. The van der Waals surface area contributed by atoms with E-state index in [1.807, 2.05) is 6.20 Å². The largest absolute Gasteiger partial charge is 0.381 e. The maximum atomic E-state index is 6.11. The van der Waals surface area contributed by atoms with E-state index in [9.17, 15) is 0 Å². The Kier molecular flexibility index (Phi) is 3.16. The van der Waals surface area contributed by atoms with Gasteiger partial charge in [-0.1, -0.05) is 0 Å². The van der Waals surface area contributed by atoms with Crippen LogP contribution in [-0.2, 0) is 17.7 Å². The van der Waals surface area contributed by atoms with Crippen molar-refractivity contribution in [1.82, 2.24) is 9.55 Å². The molecule has 0 bridgehead atoms. The second-order valence-corrected chi connectivity index (χ2v) is 5.26. The SMILES string of the molecule is NC1CCCn2c1cnc2CC1CCOCC1. The summed E-state index contributed by atoms with van der Waals surface area (Å²) < 4.78 is 7.75. The number of nitrogens with zero attached hydrogens (tertiary/aromatic N) is 2. The Morgan fingerprint density at radius 1 is 1.35 bits per heavy atom. The first-order valence-electron chi connectivity index (χ1n) is 6.72. The van der Waals surface area contributed by atoms with Crippen molar-refractivity contribution in [2.24, 2.45) is 11.7 Å². The molecule has 0 spiro atoms. The lowest BCUT2D eigenvalue weighted by molar-refractivity contribution is 0.0656. The summed E-state index contributed by atoms with van der Waals surface area (Å²) in [4.78, 5) is 4.58. The van der Waals surface area contributed by atoms with Crippen LogP contribution < -0.4 is 5.73 Å². The van der Waals surface area contributed by atoms with Crippen LogP contribution in [0.2, 0.25) is 0 Å². The second-order valence-electron chi connectivity index (χ2n) is 5.26. The highest BCUT2D eigenvalue weighted by Crippen LogP contribution is 2.26. The van der Waals surface area contributed by atoms with Crippen molar-refractivity contribution in [1.29, 1.82) is 0 Å². The molecule has 17 heavy (non-hydrogen) atoms. The number of ether oxygens (including phenoxy) is 1. The number of fused-ring (bicyclic) bond motifs is 1. The molecule has 1 atom stereocenters. The summed E-state index contributed by atoms with van der Waals surface area (Å²) in [6.45, 7) is 2.93. The van der Waals surface area contributed by atoms with Crippen LogP contribution in [0.4, 0.5) is 0 Å². The molecular weight excluding hydrogens is 214 g/mol. The van der Waals surface area contributed by atoms with Gasteiger partial charge in [0, 0.05) is 32.2 Å². The quantitative estimate of drug-likeness (QED) is 0.848. The third kappa shape index (κ3) is 2.24. The van der Waals surface area contributed by atoms with Crippen LogP contribution in [0.5, 0.6) is 0 Å². The van der Waals surface area contributed by atoms with Crippen molar-refractivity contribution in [2.45, 2.75) is 44.7 Å². The second kappa shape index (κ2) is 4.78. The van der Waals surface area contributed by atoms with Crippen LogP contribution in [0.25, 0.3) is 0 Å². The Labute approximate surface area is 102 Å². The molecular formula is C13H21N3O. The molecule has 4 nitrogen and oxygen atoms in total. The summed E-state index contributed by atoms with van der Waals surface area (Å²) in [5.74, 6) is 1.98. The first kappa shape index (κ1) is 11.2. The Morgan fingerprint density at radius 2 is 2.18 bits per heavy atom. The smallest absolute Gasteiger partial charge is 0.109 e. The van der Waals surface area contributed by atoms with Gasteiger partial charge in [0.25, 0.3) is 0 Å². The van der Waals surface area contributed by atoms with E-state index in [-0.39, 0.29) is 6.04 Å². The van der Waals surface area contributed by atoms with Crippen molar-refractivity contribution in [2.75, 3.05) is 13.2 Å². The Hall–Kier alpha value is -0.870. The molecule has 1 saturated heterocycles. The van der Waals surface area contributed by atoms with Gasteiger partial charge in [0.1, 0.15) is 5.82 Å². The summed E-state index contributed by atoms with van der Waals surface area (Å²) in [5.41, 5.74) is 7.35. The van der Waals surface area contributed by atoms with Gasteiger partial charge in [-0.05, 0) is 31.6 Å². The minimum absolute atomic E-state index is 0.194. The monoisotopic (exact) mass is 235 g/mol. The number of nitrogens with two attached hydrogens (primary N) is 1. The van der Waals surface area contributed by atoms with Crippen LogP contribution in [0, 0.1) is 5.92 Å². The number of imidazole rings is 1. The van der Waals surface area contributed by atoms with Gasteiger partial charge in [-0.3, -0.25) is 0 Å². The lowest BCUT2D eigenvalue weighted by Crippen LogP contribution is -2.24. The highest BCUT2D eigenvalue weighted by atomic mass is 16.5. The summed E-state index contributed by atoms with van der Waals surface area (Å²) in [7, 11) is 0. The minimum Gasteiger partial charge on any atom is -0.381 e. The number of hydrogen-bond donors (Lipinski definition) is 1. The van der Waals surface area contributed by atoms with Crippen LogP contribution in [0.1, 0.15) is 43.2 Å². The van der Waals surface area contributed by atoms with Gasteiger partial charge in [-0.25, -0.2) is 4.98 Å². The van der Waals surface area contributed by atoms with Gasteiger partial charge < -0.3 is 15.0 Å². The predicted octanol–water partition coefficient (Wildman–Crippen LogP) is 1.65. The van der Waals surface area contributed by atoms with E-state index < -0.39 is 0 Å². The van der Waals surface area contributed by atoms with Crippen molar-refractivity contribution in [3.8, 4) is 0 Å². The summed E-state index contributed by atoms with van der Waals surface area (Å²) in [6, 6.07) is 0.194. The van der Waals surface area contributed by atoms with Gasteiger partial charge in [0.05, 0.1) is 11.9 Å². The molecule has 94 valence electrons. The summed E-state index contributed by atoms with van der Waals surface area (Å²) in [5, 5.41) is 0. The van der Waals surface area contributed by atoms with E-state index in [4.69, 9.17) is 10.5 Å². The zero-order valence-corrected chi connectivity index (χ0v) is 10.3. The number of rotatable bonds is 2. The highest BCUT2D eigenvalue weighted by Gasteiger charge is 2.22. The van der Waals surface area contributed by atoms with Gasteiger partial charge in [0.2, 0.25) is 0 Å². The zero-order valence-electron chi connectivity index (χ0n) is 10.3. The first-order chi connectivity index (χ1) is 8.34. The topological polar surface area (TPSA) is 53.1 Å². The molecule has 0 aliphatic carbocycles. The standard InChI is InChI=1S/C13H21N3O/c14-11-2-1-5-16-12(11)9-15-13(16)8-10-3-6-17-7-4-10/h9-11H,1-8,14H2. The molecule has 1 aromatic heterocycles. The fraction of sp³-hybridized carbons (Fsp3) is 0.769. The van der Waals surface area contributed by atoms with E-state index in [0.29, 0.717) is 0 Å². The lowest BCUT2D eigenvalue weighted by atomic mass is 9.96. The maximum absolute atomic E-state index is 6.11. The van der Waals surface area contributed by atoms with Gasteiger partial charge >= 0.3 is 0 Å². The van der Waals surface area contributed by atoms with E-state index in [2.05, 4.69) is 9.55 Å². The molecule has 2 N–H and O–H groups in total. The fourth-order valence-corrected chi connectivity index (χ4v) is 2.97. The molecule has 0 radical (unpaired) electrons. The lowest BCUT2D eigenvalue weighted by Gasteiger charge is -2.25. The van der Waals surface area contributed by atoms with Crippen molar-refractivity contribution >= 4 is 0 Å². The third-order valence-corrected chi connectivity index (χ3v) is 4.06. The summed E-state index contributed by atoms with van der Waals surface area (Å²) >= 11 is 0.